The molecule has 0 saturated heterocycles. The molecule has 0 saturated carbocycles. The van der Waals surface area contributed by atoms with Gasteiger partial charge in [-0.2, -0.15) is 13.2 Å². The average molecular weight is 469 g/mol. The number of alkyl halides is 3. The van der Waals surface area contributed by atoms with Crippen molar-refractivity contribution in [1.82, 2.24) is 9.97 Å². The molecule has 1 aromatic carbocycles. The summed E-state index contributed by atoms with van der Waals surface area (Å²) >= 11 is 0. The Morgan fingerprint density at radius 1 is 1.19 bits per heavy atom. The summed E-state index contributed by atoms with van der Waals surface area (Å²) in [4.78, 5) is 20.6. The number of esters is 1. The van der Waals surface area contributed by atoms with E-state index in [4.69, 9.17) is 9.15 Å². The van der Waals surface area contributed by atoms with Gasteiger partial charge in [-0.1, -0.05) is 12.1 Å². The van der Waals surface area contributed by atoms with Crippen LogP contribution in [0, 0.1) is 0 Å². The van der Waals surface area contributed by atoms with Gasteiger partial charge in [0.15, 0.2) is 5.76 Å². The van der Waals surface area contributed by atoms with Crippen LogP contribution in [-0.2, 0) is 27.3 Å². The Kier molecular flexibility index (Phi) is 6.53. The second-order valence-electron chi connectivity index (χ2n) is 6.60. The Morgan fingerprint density at radius 3 is 2.53 bits per heavy atom. The van der Waals surface area contributed by atoms with Crippen molar-refractivity contribution in [2.45, 2.75) is 24.8 Å². The molecule has 3 aromatic rings. The zero-order valence-electron chi connectivity index (χ0n) is 16.9. The minimum Gasteiger partial charge on any atom is -0.463 e. The molecule has 2 aromatic heterocycles. The molecule has 0 bridgehead atoms. The number of nitrogens with one attached hydrogen (secondary N) is 1. The third-order valence-electron chi connectivity index (χ3n) is 4.17. The van der Waals surface area contributed by atoms with Gasteiger partial charge in [0.25, 0.3) is 0 Å². The molecule has 32 heavy (non-hydrogen) atoms. The minimum absolute atomic E-state index is 0.0112. The lowest BCUT2D eigenvalue weighted by atomic mass is 10.1. The number of aromatic nitrogens is 2. The normalized spacial score (nSPS) is 11.9. The number of hydrogen-bond donors (Lipinski definition) is 1. The molecule has 3 rings (SSSR count). The maximum Gasteiger partial charge on any atom is 0.416 e. The van der Waals surface area contributed by atoms with Crippen molar-refractivity contribution in [3.05, 3.63) is 59.4 Å². The van der Waals surface area contributed by atoms with Gasteiger partial charge in [0.05, 0.1) is 18.4 Å². The molecule has 0 fully saturated rings. The van der Waals surface area contributed by atoms with Crippen molar-refractivity contribution in [2.24, 2.45) is 0 Å². The average Bonchev–Trinajstić information content (AvgIpc) is 3.25. The van der Waals surface area contributed by atoms with E-state index in [0.717, 1.165) is 18.4 Å². The molecule has 1 N–H and O–H groups in total. The summed E-state index contributed by atoms with van der Waals surface area (Å²) in [6.07, 6.45) is -2.34. The third kappa shape index (κ3) is 5.25. The Balaban J connectivity index is 2.11. The van der Waals surface area contributed by atoms with E-state index < -0.39 is 32.7 Å². The first-order valence-corrected chi connectivity index (χ1v) is 11.1. The number of carbonyl (C=O) groups is 1. The molecular weight excluding hydrogens is 451 g/mol. The number of halogens is 3. The van der Waals surface area contributed by atoms with E-state index in [-0.39, 0.29) is 41.6 Å². The van der Waals surface area contributed by atoms with Crippen LogP contribution in [0.2, 0.25) is 0 Å². The Bertz CT molecular complexity index is 1230. The molecule has 12 heteroatoms. The minimum atomic E-state index is -4.53. The van der Waals surface area contributed by atoms with E-state index >= 15 is 0 Å². The van der Waals surface area contributed by atoms with E-state index in [1.807, 2.05) is 0 Å². The van der Waals surface area contributed by atoms with Crippen LogP contribution in [0.1, 0.15) is 28.4 Å². The summed E-state index contributed by atoms with van der Waals surface area (Å²) in [5.74, 6) is -0.990. The smallest absolute Gasteiger partial charge is 0.416 e. The molecule has 0 spiro atoms. The molecule has 0 aliphatic rings. The Morgan fingerprint density at radius 2 is 1.94 bits per heavy atom. The van der Waals surface area contributed by atoms with Gasteiger partial charge in [0.2, 0.25) is 15.0 Å². The van der Waals surface area contributed by atoms with Gasteiger partial charge in [-0.05, 0) is 36.8 Å². The highest BCUT2D eigenvalue weighted by molar-refractivity contribution is 7.90. The fraction of sp³-hybridized carbons (Fsp3) is 0.250. The van der Waals surface area contributed by atoms with Gasteiger partial charge in [-0.3, -0.25) is 0 Å². The number of nitrogens with zero attached hydrogens (tertiary/aromatic N) is 2. The van der Waals surface area contributed by atoms with Crippen molar-refractivity contribution in [3.63, 3.8) is 0 Å². The van der Waals surface area contributed by atoms with Crippen molar-refractivity contribution in [2.75, 3.05) is 18.2 Å². The zero-order chi connectivity index (χ0) is 23.5. The topological polar surface area (TPSA) is 111 Å². The first kappa shape index (κ1) is 23.3. The van der Waals surface area contributed by atoms with Crippen LogP contribution < -0.4 is 5.32 Å². The highest BCUT2D eigenvalue weighted by Gasteiger charge is 2.31. The molecule has 0 aliphatic heterocycles. The number of carbonyl (C=O) groups excluding carboxylic acids is 1. The Labute approximate surface area is 181 Å². The quantitative estimate of drug-likeness (QED) is 0.409. The summed E-state index contributed by atoms with van der Waals surface area (Å²) in [6, 6.07) is 7.52. The van der Waals surface area contributed by atoms with Crippen LogP contribution in [-0.4, -0.2) is 37.2 Å². The number of benzene rings is 1. The fourth-order valence-electron chi connectivity index (χ4n) is 2.77. The van der Waals surface area contributed by atoms with E-state index in [9.17, 15) is 26.4 Å². The SMILES string of the molecule is CCOC(=O)c1c(NCc2cccc(C(F)(F)F)c2)nc(S(C)(=O)=O)nc1-c1ccco1. The monoisotopic (exact) mass is 469 g/mol. The summed E-state index contributed by atoms with van der Waals surface area (Å²) < 4.78 is 73.6. The third-order valence-corrected chi connectivity index (χ3v) is 5.01. The maximum absolute atomic E-state index is 13.0. The first-order valence-electron chi connectivity index (χ1n) is 9.23. The summed E-state index contributed by atoms with van der Waals surface area (Å²) in [7, 11) is -3.91. The number of rotatable bonds is 7. The number of hydrogen-bond acceptors (Lipinski definition) is 8. The fourth-order valence-corrected chi connectivity index (χ4v) is 3.28. The molecule has 0 atom stereocenters. The van der Waals surface area contributed by atoms with Crippen molar-refractivity contribution < 1.29 is 35.5 Å². The van der Waals surface area contributed by atoms with E-state index in [1.54, 1.807) is 6.92 Å². The number of anilines is 1. The van der Waals surface area contributed by atoms with Crippen LogP contribution in [0.25, 0.3) is 11.5 Å². The van der Waals surface area contributed by atoms with Crippen molar-refractivity contribution in [3.8, 4) is 11.5 Å². The van der Waals surface area contributed by atoms with Gasteiger partial charge >= 0.3 is 12.1 Å². The number of furan rings is 1. The van der Waals surface area contributed by atoms with Gasteiger partial charge in [0, 0.05) is 12.8 Å². The van der Waals surface area contributed by atoms with Crippen LogP contribution >= 0.6 is 0 Å². The maximum atomic E-state index is 13.0. The largest absolute Gasteiger partial charge is 0.463 e. The molecule has 0 unspecified atom stereocenters. The summed E-state index contributed by atoms with van der Waals surface area (Å²) in [5.41, 5.74) is -0.955. The van der Waals surface area contributed by atoms with Gasteiger partial charge in [0.1, 0.15) is 17.1 Å². The molecule has 0 radical (unpaired) electrons. The molecule has 8 nitrogen and oxygen atoms in total. The molecule has 0 aliphatic carbocycles. The molecule has 170 valence electrons. The van der Waals surface area contributed by atoms with Crippen LogP contribution in [0.4, 0.5) is 19.0 Å². The van der Waals surface area contributed by atoms with E-state index in [1.165, 1.54) is 30.5 Å². The molecular formula is C20H18F3N3O5S. The van der Waals surface area contributed by atoms with Crippen LogP contribution in [0.3, 0.4) is 0 Å². The highest BCUT2D eigenvalue weighted by Crippen LogP contribution is 2.31. The van der Waals surface area contributed by atoms with Crippen molar-refractivity contribution in [1.29, 1.82) is 0 Å². The van der Waals surface area contributed by atoms with Gasteiger partial charge in [-0.25, -0.2) is 23.2 Å². The predicted molar refractivity (Wildman–Crippen MR) is 108 cm³/mol. The van der Waals surface area contributed by atoms with Crippen LogP contribution in [0.15, 0.2) is 52.2 Å². The standard InChI is InChI=1S/C20H18F3N3O5S/c1-3-30-18(27)15-16(14-8-5-9-31-14)25-19(32(2,28)29)26-17(15)24-11-12-6-4-7-13(10-12)20(21,22)23/h4-10H,3,11H2,1-2H3,(H,24,25,26). The lowest BCUT2D eigenvalue weighted by Crippen LogP contribution is -2.17. The highest BCUT2D eigenvalue weighted by atomic mass is 32.2. The predicted octanol–water partition coefficient (Wildman–Crippen LogP) is 3.95. The summed E-state index contributed by atoms with van der Waals surface area (Å²) in [5, 5.41) is 2.14. The van der Waals surface area contributed by atoms with Crippen molar-refractivity contribution >= 4 is 21.6 Å². The van der Waals surface area contributed by atoms with Crippen LogP contribution in [0.5, 0.6) is 0 Å². The lowest BCUT2D eigenvalue weighted by molar-refractivity contribution is -0.137. The lowest BCUT2D eigenvalue weighted by Gasteiger charge is -2.15. The van der Waals surface area contributed by atoms with E-state index in [2.05, 4.69) is 15.3 Å². The van der Waals surface area contributed by atoms with Gasteiger partial charge < -0.3 is 14.5 Å². The Hall–Kier alpha value is -3.41. The zero-order valence-corrected chi connectivity index (χ0v) is 17.7. The number of ether oxygens (including phenoxy) is 1. The van der Waals surface area contributed by atoms with E-state index in [0.29, 0.717) is 0 Å². The van der Waals surface area contributed by atoms with Gasteiger partial charge in [-0.15, -0.1) is 0 Å². The second kappa shape index (κ2) is 8.99. The molecule has 0 amide bonds. The number of sulfone groups is 1. The first-order chi connectivity index (χ1) is 15.0. The molecule has 2 heterocycles. The second-order valence-corrected chi connectivity index (χ2v) is 8.51. The summed E-state index contributed by atoms with van der Waals surface area (Å²) in [6.45, 7) is 1.40.